The number of carbonyl (C=O) groups is 2. The number of benzene rings is 1. The minimum Gasteiger partial charge on any atom is -0.493 e. The summed E-state index contributed by atoms with van der Waals surface area (Å²) in [5.41, 5.74) is 0.951. The van der Waals surface area contributed by atoms with E-state index in [2.05, 4.69) is 4.98 Å². The van der Waals surface area contributed by atoms with Crippen LogP contribution >= 0.6 is 0 Å². The van der Waals surface area contributed by atoms with Gasteiger partial charge in [-0.3, -0.25) is 9.59 Å². The van der Waals surface area contributed by atoms with E-state index in [1.165, 1.54) is 6.26 Å². The first-order chi connectivity index (χ1) is 20.7. The van der Waals surface area contributed by atoms with E-state index in [4.69, 9.17) is 14.5 Å². The van der Waals surface area contributed by atoms with Crippen molar-refractivity contribution in [2.24, 2.45) is 17.8 Å². The molecule has 43 heavy (non-hydrogen) atoms. The Morgan fingerprint density at radius 2 is 1.86 bits per heavy atom. The summed E-state index contributed by atoms with van der Waals surface area (Å²) in [6.07, 6.45) is 11.4. The fourth-order valence-electron chi connectivity index (χ4n) is 6.35. The molecule has 0 N–H and O–H groups in total. The number of rotatable bonds is 11. The van der Waals surface area contributed by atoms with Crippen LogP contribution < -0.4 is 4.74 Å². The lowest BCUT2D eigenvalue weighted by atomic mass is 9.79. The van der Waals surface area contributed by atoms with Gasteiger partial charge >= 0.3 is 5.97 Å². The van der Waals surface area contributed by atoms with E-state index in [0.29, 0.717) is 37.8 Å². The molecule has 11 heteroatoms. The van der Waals surface area contributed by atoms with Gasteiger partial charge in [0.05, 0.1) is 30.4 Å². The van der Waals surface area contributed by atoms with Crippen LogP contribution in [0, 0.1) is 17.8 Å². The molecule has 0 spiro atoms. The molecule has 0 radical (unpaired) electrons. The highest BCUT2D eigenvalue weighted by Gasteiger charge is 2.34. The van der Waals surface area contributed by atoms with Crippen molar-refractivity contribution in [3.05, 3.63) is 48.5 Å². The van der Waals surface area contributed by atoms with Gasteiger partial charge in [-0.25, -0.2) is 18.4 Å². The molecule has 2 fully saturated rings. The number of esters is 1. The standard InChI is InChI=1S/C32H42N4O6S/c1-3-41-32(38)25-7-5-17-35(22-25)31(37)24-12-10-23(11-13-24)21-29-33-16-14-30(34-29)36-18-15-26-27(36)8-4-9-28(26)42-19-6-20-43(2,39)40/h4,8-9,14-16,18,23-25H,3,5-7,10-13,17,19-22H2,1-2H3/t23?,24?,25-/m1/s1. The largest absolute Gasteiger partial charge is 0.493 e. The van der Waals surface area contributed by atoms with Crippen molar-refractivity contribution >= 4 is 32.6 Å². The van der Waals surface area contributed by atoms with E-state index in [1.54, 1.807) is 6.20 Å². The molecule has 0 unspecified atom stereocenters. The fraction of sp³-hybridized carbons (Fsp3) is 0.562. The first-order valence-corrected chi connectivity index (χ1v) is 17.5. The summed E-state index contributed by atoms with van der Waals surface area (Å²) in [7, 11) is -3.01. The third kappa shape index (κ3) is 7.93. The van der Waals surface area contributed by atoms with Gasteiger partial charge in [-0.05, 0) is 82.1 Å². The van der Waals surface area contributed by atoms with Crippen LogP contribution in [0.15, 0.2) is 42.7 Å². The number of ether oxygens (including phenoxy) is 2. The zero-order valence-corrected chi connectivity index (χ0v) is 25.9. The second kappa shape index (κ2) is 13.9. The monoisotopic (exact) mass is 610 g/mol. The third-order valence-corrected chi connectivity index (χ3v) is 9.60. The number of likely N-dealkylation sites (tertiary alicyclic amines) is 1. The van der Waals surface area contributed by atoms with Crippen molar-refractivity contribution in [1.82, 2.24) is 19.4 Å². The Kier molecular flexibility index (Phi) is 10.00. The highest BCUT2D eigenvalue weighted by molar-refractivity contribution is 7.90. The van der Waals surface area contributed by atoms with Crippen LogP contribution in [0.2, 0.25) is 0 Å². The molecule has 3 heterocycles. The molecule has 1 saturated carbocycles. The van der Waals surface area contributed by atoms with E-state index < -0.39 is 9.84 Å². The summed E-state index contributed by atoms with van der Waals surface area (Å²) in [4.78, 5) is 36.8. The number of nitrogens with zero attached hydrogens (tertiary/aromatic N) is 4. The van der Waals surface area contributed by atoms with E-state index in [9.17, 15) is 18.0 Å². The van der Waals surface area contributed by atoms with Gasteiger partial charge in [0.1, 0.15) is 27.2 Å². The van der Waals surface area contributed by atoms with Crippen LogP contribution in [-0.2, 0) is 30.6 Å². The normalized spacial score (nSPS) is 21.1. The highest BCUT2D eigenvalue weighted by atomic mass is 32.2. The van der Waals surface area contributed by atoms with Crippen LogP contribution in [0.3, 0.4) is 0 Å². The second-order valence-electron chi connectivity index (χ2n) is 11.8. The summed E-state index contributed by atoms with van der Waals surface area (Å²) in [6, 6.07) is 9.70. The van der Waals surface area contributed by atoms with Crippen molar-refractivity contribution in [3.8, 4) is 11.6 Å². The molecule has 1 amide bonds. The number of hydrogen-bond donors (Lipinski definition) is 0. The summed E-state index contributed by atoms with van der Waals surface area (Å²) >= 11 is 0. The molecule has 2 aromatic heterocycles. The van der Waals surface area contributed by atoms with Crippen molar-refractivity contribution in [2.45, 2.75) is 58.3 Å². The van der Waals surface area contributed by atoms with Gasteiger partial charge < -0.3 is 18.9 Å². The lowest BCUT2D eigenvalue weighted by molar-refractivity contribution is -0.152. The van der Waals surface area contributed by atoms with Crippen LogP contribution in [0.1, 0.15) is 57.7 Å². The quantitative estimate of drug-likeness (QED) is 0.232. The number of carbonyl (C=O) groups excluding carboxylic acids is 2. The predicted octanol–water partition coefficient (Wildman–Crippen LogP) is 4.38. The summed E-state index contributed by atoms with van der Waals surface area (Å²) in [5, 5.41) is 0.937. The third-order valence-electron chi connectivity index (χ3n) is 8.57. The van der Waals surface area contributed by atoms with Gasteiger partial charge in [-0.1, -0.05) is 6.07 Å². The number of sulfone groups is 1. The Hall–Kier alpha value is -3.47. The fourth-order valence-corrected chi connectivity index (χ4v) is 6.99. The Labute approximate surface area is 253 Å². The first-order valence-electron chi connectivity index (χ1n) is 15.4. The van der Waals surface area contributed by atoms with Crippen LogP contribution in [0.4, 0.5) is 0 Å². The Bertz CT molecular complexity index is 1530. The van der Waals surface area contributed by atoms with E-state index >= 15 is 0 Å². The number of hydrogen-bond acceptors (Lipinski definition) is 8. The van der Waals surface area contributed by atoms with E-state index in [-0.39, 0.29) is 29.5 Å². The Balaban J connectivity index is 1.17. The molecule has 1 saturated heterocycles. The Morgan fingerprint density at radius 3 is 2.63 bits per heavy atom. The zero-order chi connectivity index (χ0) is 30.4. The van der Waals surface area contributed by atoms with Gasteiger partial charge in [0, 0.05) is 49.5 Å². The van der Waals surface area contributed by atoms with Crippen molar-refractivity contribution < 1.29 is 27.5 Å². The molecule has 1 aromatic carbocycles. The van der Waals surface area contributed by atoms with E-state index in [1.807, 2.05) is 52.9 Å². The predicted molar refractivity (Wildman–Crippen MR) is 164 cm³/mol. The zero-order valence-electron chi connectivity index (χ0n) is 25.1. The average molecular weight is 611 g/mol. The number of piperidine rings is 1. The summed E-state index contributed by atoms with van der Waals surface area (Å²) < 4.78 is 36.0. The molecule has 1 aliphatic carbocycles. The lowest BCUT2D eigenvalue weighted by Gasteiger charge is -2.36. The van der Waals surface area contributed by atoms with Gasteiger partial charge in [0.15, 0.2) is 0 Å². The van der Waals surface area contributed by atoms with Crippen molar-refractivity contribution in [1.29, 1.82) is 0 Å². The van der Waals surface area contributed by atoms with Crippen LogP contribution in [0.5, 0.6) is 5.75 Å². The molecule has 232 valence electrons. The number of aromatic nitrogens is 3. The second-order valence-corrected chi connectivity index (χ2v) is 14.1. The van der Waals surface area contributed by atoms with E-state index in [0.717, 1.165) is 74.0 Å². The minimum atomic E-state index is -3.01. The highest BCUT2D eigenvalue weighted by Crippen LogP contribution is 2.33. The number of amides is 1. The lowest BCUT2D eigenvalue weighted by Crippen LogP contribution is -2.45. The molecule has 2 aliphatic rings. The molecular formula is C32H42N4O6S. The maximum absolute atomic E-state index is 13.3. The molecule has 3 aromatic rings. The molecule has 0 bridgehead atoms. The van der Waals surface area contributed by atoms with Gasteiger partial charge in [-0.15, -0.1) is 0 Å². The molecule has 10 nitrogen and oxygen atoms in total. The maximum Gasteiger partial charge on any atom is 0.310 e. The van der Waals surface area contributed by atoms with Crippen LogP contribution in [-0.4, -0.2) is 78.0 Å². The minimum absolute atomic E-state index is 0.0125. The summed E-state index contributed by atoms with van der Waals surface area (Å²) in [6.45, 7) is 3.71. The van der Waals surface area contributed by atoms with Crippen molar-refractivity contribution in [2.75, 3.05) is 38.3 Å². The van der Waals surface area contributed by atoms with Gasteiger partial charge in [0.2, 0.25) is 5.91 Å². The topological polar surface area (TPSA) is 121 Å². The SMILES string of the molecule is CCOC(=O)[C@@H]1CCCN(C(=O)C2CCC(Cc3nccc(-n4ccc5c(OCCCS(C)(=O)=O)cccc54)n3)CC2)C1. The van der Waals surface area contributed by atoms with Gasteiger partial charge in [-0.2, -0.15) is 0 Å². The van der Waals surface area contributed by atoms with Crippen LogP contribution in [0.25, 0.3) is 16.7 Å². The van der Waals surface area contributed by atoms with Gasteiger partial charge in [0.25, 0.3) is 0 Å². The Morgan fingerprint density at radius 1 is 1.05 bits per heavy atom. The smallest absolute Gasteiger partial charge is 0.310 e. The number of fused-ring (bicyclic) bond motifs is 1. The molecule has 1 aliphatic heterocycles. The van der Waals surface area contributed by atoms with Crippen molar-refractivity contribution in [3.63, 3.8) is 0 Å². The first kappa shape index (κ1) is 31.0. The molecule has 5 rings (SSSR count). The average Bonchev–Trinajstić information content (AvgIpc) is 3.44. The summed E-state index contributed by atoms with van der Waals surface area (Å²) in [5.74, 6) is 2.60. The maximum atomic E-state index is 13.3. The molecule has 1 atom stereocenters. The molecular weight excluding hydrogens is 568 g/mol.